The van der Waals surface area contributed by atoms with Crippen LogP contribution in [-0.2, 0) is 22.6 Å². The third-order valence-electron chi connectivity index (χ3n) is 5.37. The van der Waals surface area contributed by atoms with Gasteiger partial charge in [-0.2, -0.15) is 0 Å². The molecule has 1 heterocycles. The molecule has 0 bridgehead atoms. The number of amides is 1. The van der Waals surface area contributed by atoms with Crippen molar-refractivity contribution in [2.24, 2.45) is 10.9 Å². The summed E-state index contributed by atoms with van der Waals surface area (Å²) in [5.74, 6) is 2.00. The average Bonchev–Trinajstić information content (AvgIpc) is 3.34. The maximum Gasteiger partial charge on any atom is 0.222 e. The van der Waals surface area contributed by atoms with Crippen LogP contribution in [0.4, 0.5) is 0 Å². The molecule has 1 atom stereocenters. The molecule has 7 nitrogen and oxygen atoms in total. The van der Waals surface area contributed by atoms with E-state index >= 15 is 0 Å². The number of ether oxygens (including phenoxy) is 2. The molecule has 1 amide bonds. The van der Waals surface area contributed by atoms with E-state index in [1.165, 1.54) is 0 Å². The van der Waals surface area contributed by atoms with Gasteiger partial charge < -0.3 is 25.4 Å². The topological polar surface area (TPSA) is 84.0 Å². The van der Waals surface area contributed by atoms with E-state index < -0.39 is 0 Å². The molecule has 2 aromatic carbocycles. The van der Waals surface area contributed by atoms with Crippen LogP contribution in [0.1, 0.15) is 29.5 Å². The molecular formula is C25H34N4O3. The first-order valence-electron chi connectivity index (χ1n) is 11.2. The van der Waals surface area contributed by atoms with Gasteiger partial charge in [0.1, 0.15) is 5.75 Å². The van der Waals surface area contributed by atoms with Gasteiger partial charge in [0.15, 0.2) is 5.96 Å². The van der Waals surface area contributed by atoms with E-state index in [9.17, 15) is 4.79 Å². The third-order valence-corrected chi connectivity index (χ3v) is 5.37. The summed E-state index contributed by atoms with van der Waals surface area (Å²) in [5, 5.41) is 9.44. The van der Waals surface area contributed by atoms with Gasteiger partial charge in [0.25, 0.3) is 0 Å². The van der Waals surface area contributed by atoms with Crippen LogP contribution >= 0.6 is 0 Å². The zero-order chi connectivity index (χ0) is 22.6. The Balaban J connectivity index is 1.41. The van der Waals surface area contributed by atoms with Gasteiger partial charge in [-0.25, -0.2) is 0 Å². The fraction of sp³-hybridized carbons (Fsp3) is 0.440. The normalized spacial score (nSPS) is 15.9. The number of guanidine groups is 1. The molecule has 0 radical (unpaired) electrons. The summed E-state index contributed by atoms with van der Waals surface area (Å²) in [6.07, 6.45) is 1.42. The van der Waals surface area contributed by atoms with Crippen molar-refractivity contribution in [1.29, 1.82) is 0 Å². The molecule has 1 aliphatic rings. The summed E-state index contributed by atoms with van der Waals surface area (Å²) in [6.45, 7) is 5.94. The van der Waals surface area contributed by atoms with Crippen molar-refractivity contribution < 1.29 is 14.3 Å². The molecule has 3 N–H and O–H groups in total. The molecule has 172 valence electrons. The molecule has 1 aliphatic heterocycles. The van der Waals surface area contributed by atoms with Crippen LogP contribution in [0, 0.1) is 12.8 Å². The van der Waals surface area contributed by atoms with Crippen molar-refractivity contribution in [3.05, 3.63) is 65.2 Å². The summed E-state index contributed by atoms with van der Waals surface area (Å²) in [4.78, 5) is 16.3. The number of aliphatic imine (C=N–C) groups is 1. The van der Waals surface area contributed by atoms with Gasteiger partial charge in [0.2, 0.25) is 5.91 Å². The smallest absolute Gasteiger partial charge is 0.222 e. The summed E-state index contributed by atoms with van der Waals surface area (Å²) in [5.41, 5.74) is 3.32. The number of hydrogen-bond acceptors (Lipinski definition) is 4. The van der Waals surface area contributed by atoms with Gasteiger partial charge in [0.05, 0.1) is 13.2 Å². The Morgan fingerprint density at radius 3 is 2.72 bits per heavy atom. The standard InChI is InChI=1S/C25H34N4O3/c1-19-8-9-22(23(14-19)32-18-21-11-13-31-17-21)16-29-25(26-2)27-12-10-24(30)28-15-20-6-4-3-5-7-20/h3-9,14,21H,10-13,15-18H2,1-2H3,(H,28,30)(H2,26,27,29). The maximum atomic E-state index is 12.1. The van der Waals surface area contributed by atoms with E-state index in [1.54, 1.807) is 7.05 Å². The van der Waals surface area contributed by atoms with E-state index in [1.807, 2.05) is 30.3 Å². The molecule has 0 aromatic heterocycles. The first-order valence-corrected chi connectivity index (χ1v) is 11.2. The number of aryl methyl sites for hydroxylation is 1. The number of carbonyl (C=O) groups excluding carboxylic acids is 1. The maximum absolute atomic E-state index is 12.1. The Kier molecular flexibility index (Phi) is 9.37. The van der Waals surface area contributed by atoms with Crippen LogP contribution in [0.15, 0.2) is 53.5 Å². The minimum atomic E-state index is 0.00178. The third kappa shape index (κ3) is 7.89. The van der Waals surface area contributed by atoms with Crippen molar-refractivity contribution in [2.75, 3.05) is 33.4 Å². The Bertz CT molecular complexity index is 880. The average molecular weight is 439 g/mol. The second-order valence-corrected chi connectivity index (χ2v) is 8.02. The summed E-state index contributed by atoms with van der Waals surface area (Å²) in [7, 11) is 1.72. The van der Waals surface area contributed by atoms with Crippen LogP contribution in [0.3, 0.4) is 0 Å². The number of nitrogens with zero attached hydrogens (tertiary/aromatic N) is 1. The minimum Gasteiger partial charge on any atom is -0.493 e. The predicted molar refractivity (Wildman–Crippen MR) is 127 cm³/mol. The van der Waals surface area contributed by atoms with Crippen LogP contribution < -0.4 is 20.7 Å². The number of carbonyl (C=O) groups is 1. The lowest BCUT2D eigenvalue weighted by molar-refractivity contribution is -0.121. The summed E-state index contributed by atoms with van der Waals surface area (Å²) < 4.78 is 11.6. The highest BCUT2D eigenvalue weighted by molar-refractivity contribution is 5.81. The Labute approximate surface area is 190 Å². The van der Waals surface area contributed by atoms with Crippen molar-refractivity contribution in [2.45, 2.75) is 32.9 Å². The predicted octanol–water partition coefficient (Wildman–Crippen LogP) is 2.78. The van der Waals surface area contributed by atoms with Gasteiger partial charge in [-0.15, -0.1) is 0 Å². The molecule has 7 heteroatoms. The van der Waals surface area contributed by atoms with E-state index in [2.05, 4.69) is 46.1 Å². The second-order valence-electron chi connectivity index (χ2n) is 8.02. The van der Waals surface area contributed by atoms with Crippen molar-refractivity contribution in [3.8, 4) is 5.75 Å². The zero-order valence-electron chi connectivity index (χ0n) is 19.0. The monoisotopic (exact) mass is 438 g/mol. The van der Waals surface area contributed by atoms with Gasteiger partial charge in [-0.1, -0.05) is 42.5 Å². The summed E-state index contributed by atoms with van der Waals surface area (Å²) >= 11 is 0. The molecule has 0 spiro atoms. The molecule has 2 aromatic rings. The molecule has 32 heavy (non-hydrogen) atoms. The lowest BCUT2D eigenvalue weighted by Gasteiger charge is -2.17. The number of rotatable bonds is 10. The molecule has 0 aliphatic carbocycles. The van der Waals surface area contributed by atoms with Gasteiger partial charge in [-0.05, 0) is 30.5 Å². The molecule has 1 unspecified atom stereocenters. The Morgan fingerprint density at radius 1 is 1.12 bits per heavy atom. The highest BCUT2D eigenvalue weighted by Gasteiger charge is 2.17. The van der Waals surface area contributed by atoms with Crippen LogP contribution in [-0.4, -0.2) is 45.3 Å². The molecule has 0 saturated carbocycles. The number of benzene rings is 2. The lowest BCUT2D eigenvalue weighted by atomic mass is 10.1. The van der Waals surface area contributed by atoms with E-state index in [0.29, 0.717) is 44.5 Å². The Hall–Kier alpha value is -3.06. The fourth-order valence-electron chi connectivity index (χ4n) is 3.44. The van der Waals surface area contributed by atoms with Crippen molar-refractivity contribution in [3.63, 3.8) is 0 Å². The zero-order valence-corrected chi connectivity index (χ0v) is 19.0. The first-order chi connectivity index (χ1) is 15.6. The Morgan fingerprint density at radius 2 is 1.97 bits per heavy atom. The molecular weight excluding hydrogens is 404 g/mol. The van der Waals surface area contributed by atoms with E-state index in [-0.39, 0.29) is 5.91 Å². The minimum absolute atomic E-state index is 0.00178. The van der Waals surface area contributed by atoms with Crippen LogP contribution in [0.25, 0.3) is 0 Å². The molecule has 1 saturated heterocycles. The number of nitrogens with one attached hydrogen (secondary N) is 3. The van der Waals surface area contributed by atoms with Gasteiger partial charge >= 0.3 is 0 Å². The fourth-order valence-corrected chi connectivity index (χ4v) is 3.44. The van der Waals surface area contributed by atoms with E-state index in [4.69, 9.17) is 9.47 Å². The largest absolute Gasteiger partial charge is 0.493 e. The molecule has 1 fully saturated rings. The molecule has 3 rings (SSSR count). The van der Waals surface area contributed by atoms with E-state index in [0.717, 1.165) is 42.1 Å². The van der Waals surface area contributed by atoms with Gasteiger partial charge in [0, 0.05) is 51.2 Å². The first kappa shape index (κ1) is 23.6. The van der Waals surface area contributed by atoms with Crippen molar-refractivity contribution in [1.82, 2.24) is 16.0 Å². The second kappa shape index (κ2) is 12.7. The quantitative estimate of drug-likeness (QED) is 0.392. The van der Waals surface area contributed by atoms with Gasteiger partial charge in [-0.3, -0.25) is 9.79 Å². The highest BCUT2D eigenvalue weighted by Crippen LogP contribution is 2.22. The van der Waals surface area contributed by atoms with Crippen LogP contribution in [0.2, 0.25) is 0 Å². The van der Waals surface area contributed by atoms with Crippen molar-refractivity contribution >= 4 is 11.9 Å². The number of hydrogen-bond donors (Lipinski definition) is 3. The highest BCUT2D eigenvalue weighted by atomic mass is 16.5. The SMILES string of the molecule is CN=C(NCCC(=O)NCc1ccccc1)NCc1ccc(C)cc1OCC1CCOC1. The summed E-state index contributed by atoms with van der Waals surface area (Å²) in [6, 6.07) is 16.1. The lowest BCUT2D eigenvalue weighted by Crippen LogP contribution is -2.39. The van der Waals surface area contributed by atoms with Crippen LogP contribution in [0.5, 0.6) is 5.75 Å².